The summed E-state index contributed by atoms with van der Waals surface area (Å²) in [5.41, 5.74) is 0.768. The van der Waals surface area contributed by atoms with Crippen molar-refractivity contribution in [3.8, 4) is 5.75 Å². The van der Waals surface area contributed by atoms with Crippen LogP contribution in [0.2, 0.25) is 0 Å². The van der Waals surface area contributed by atoms with Gasteiger partial charge in [-0.05, 0) is 48.7 Å². The van der Waals surface area contributed by atoms with Crippen LogP contribution < -0.4 is 15.4 Å². The maximum atomic E-state index is 13.4. The highest BCUT2D eigenvalue weighted by molar-refractivity contribution is 7.92. The summed E-state index contributed by atoms with van der Waals surface area (Å²) in [4.78, 5) is 11.4. The summed E-state index contributed by atoms with van der Waals surface area (Å²) in [6, 6.07) is 13.8. The van der Waals surface area contributed by atoms with Gasteiger partial charge in [0.25, 0.3) is 0 Å². The number of hydrogen-bond acceptors (Lipinski definition) is 6. The fourth-order valence-corrected chi connectivity index (χ4v) is 4.85. The van der Waals surface area contributed by atoms with Gasteiger partial charge in [0, 0.05) is 0 Å². The van der Waals surface area contributed by atoms with Crippen LogP contribution >= 0.6 is 0 Å². The SMILES string of the molecule is COc1ccc(S(=O)(=O)C(NCC(C)C)[C@H](O)[C@H](Cc2ccccc2)NC(=O)O)cc1. The standard InChI is InChI=1S/C22H30N2O6S/c1-15(2)14-23-21(31(28,29)18-11-9-17(30-3)10-12-18)20(25)19(24-22(26)27)13-16-7-5-4-6-8-16/h4-12,15,19-21,23-25H,13-14H2,1-3H3,(H,26,27)/t19-,20+,21?/m0/s1. The van der Waals surface area contributed by atoms with Crippen LogP contribution in [0, 0.1) is 5.92 Å². The zero-order valence-electron chi connectivity index (χ0n) is 17.9. The normalized spacial score (nSPS) is 14.6. The minimum absolute atomic E-state index is 0.00222. The number of carbonyl (C=O) groups is 1. The van der Waals surface area contributed by atoms with Crippen LogP contribution in [0.3, 0.4) is 0 Å². The molecule has 9 heteroatoms. The molecule has 0 radical (unpaired) electrons. The van der Waals surface area contributed by atoms with Gasteiger partial charge in [0.1, 0.15) is 17.2 Å². The number of methoxy groups -OCH3 is 1. The van der Waals surface area contributed by atoms with Crippen molar-refractivity contribution in [1.29, 1.82) is 0 Å². The molecule has 0 aromatic heterocycles. The smallest absolute Gasteiger partial charge is 0.404 e. The molecule has 2 rings (SSSR count). The van der Waals surface area contributed by atoms with E-state index in [1.165, 1.54) is 31.4 Å². The highest BCUT2D eigenvalue weighted by Crippen LogP contribution is 2.23. The third kappa shape index (κ3) is 6.95. The van der Waals surface area contributed by atoms with Crippen LogP contribution in [-0.4, -0.2) is 55.9 Å². The molecule has 2 aromatic carbocycles. The lowest BCUT2D eigenvalue weighted by Crippen LogP contribution is -2.57. The van der Waals surface area contributed by atoms with Crippen LogP contribution in [0.25, 0.3) is 0 Å². The summed E-state index contributed by atoms with van der Waals surface area (Å²) in [6.45, 7) is 4.14. The van der Waals surface area contributed by atoms with Gasteiger partial charge in [-0.25, -0.2) is 13.2 Å². The Kier molecular flexibility index (Phi) is 8.85. The van der Waals surface area contributed by atoms with Gasteiger partial charge in [-0.15, -0.1) is 0 Å². The topological polar surface area (TPSA) is 125 Å². The van der Waals surface area contributed by atoms with Gasteiger partial charge in [0.15, 0.2) is 9.84 Å². The van der Waals surface area contributed by atoms with Crippen molar-refractivity contribution >= 4 is 15.9 Å². The van der Waals surface area contributed by atoms with E-state index >= 15 is 0 Å². The summed E-state index contributed by atoms with van der Waals surface area (Å²) in [6.07, 6.45) is -2.75. The number of benzene rings is 2. The van der Waals surface area contributed by atoms with E-state index in [0.717, 1.165) is 5.56 Å². The monoisotopic (exact) mass is 450 g/mol. The number of aliphatic hydroxyl groups excluding tert-OH is 1. The van der Waals surface area contributed by atoms with E-state index < -0.39 is 33.5 Å². The van der Waals surface area contributed by atoms with Crippen molar-refractivity contribution in [2.75, 3.05) is 13.7 Å². The molecular formula is C22H30N2O6S. The van der Waals surface area contributed by atoms with Crippen molar-refractivity contribution in [1.82, 2.24) is 10.6 Å². The number of amides is 1. The van der Waals surface area contributed by atoms with Gasteiger partial charge in [-0.3, -0.25) is 5.32 Å². The summed E-state index contributed by atoms with van der Waals surface area (Å²) >= 11 is 0. The van der Waals surface area contributed by atoms with Crippen LogP contribution in [0.4, 0.5) is 4.79 Å². The minimum atomic E-state index is -4.04. The number of nitrogens with one attached hydrogen (secondary N) is 2. The zero-order valence-corrected chi connectivity index (χ0v) is 18.7. The second-order valence-corrected chi connectivity index (χ2v) is 9.75. The molecular weight excluding hydrogens is 420 g/mol. The molecule has 2 aromatic rings. The van der Waals surface area contributed by atoms with Gasteiger partial charge >= 0.3 is 6.09 Å². The molecule has 3 atom stereocenters. The van der Waals surface area contributed by atoms with Gasteiger partial charge in [0.2, 0.25) is 0 Å². The minimum Gasteiger partial charge on any atom is -0.497 e. The average molecular weight is 451 g/mol. The molecule has 0 saturated heterocycles. The molecule has 0 saturated carbocycles. The van der Waals surface area contributed by atoms with E-state index in [0.29, 0.717) is 12.3 Å². The summed E-state index contributed by atoms with van der Waals surface area (Å²) < 4.78 is 31.9. The number of sulfone groups is 1. The fourth-order valence-electron chi connectivity index (χ4n) is 3.17. The van der Waals surface area contributed by atoms with Crippen molar-refractivity contribution < 1.29 is 28.2 Å². The molecule has 31 heavy (non-hydrogen) atoms. The van der Waals surface area contributed by atoms with Crippen LogP contribution in [0.1, 0.15) is 19.4 Å². The number of hydrogen-bond donors (Lipinski definition) is 4. The molecule has 0 spiro atoms. The number of carboxylic acid groups (broad SMARTS) is 1. The largest absolute Gasteiger partial charge is 0.497 e. The Morgan fingerprint density at radius 1 is 1.06 bits per heavy atom. The first kappa shape index (κ1) is 24.6. The second kappa shape index (κ2) is 11.1. The first-order chi connectivity index (χ1) is 14.6. The first-order valence-electron chi connectivity index (χ1n) is 9.98. The molecule has 1 amide bonds. The Balaban J connectivity index is 2.40. The van der Waals surface area contributed by atoms with Gasteiger partial charge in [0.05, 0.1) is 18.0 Å². The molecule has 170 valence electrons. The molecule has 0 fully saturated rings. The predicted molar refractivity (Wildman–Crippen MR) is 118 cm³/mol. The molecule has 1 unspecified atom stereocenters. The molecule has 0 bridgehead atoms. The highest BCUT2D eigenvalue weighted by atomic mass is 32.2. The third-order valence-electron chi connectivity index (χ3n) is 4.78. The molecule has 4 N–H and O–H groups in total. The Bertz CT molecular complexity index is 932. The van der Waals surface area contributed by atoms with Crippen LogP contribution in [0.5, 0.6) is 5.75 Å². The summed E-state index contributed by atoms with van der Waals surface area (Å²) in [7, 11) is -2.57. The molecule has 0 aliphatic heterocycles. The molecule has 0 heterocycles. The Labute approximate surface area is 183 Å². The van der Waals surface area contributed by atoms with E-state index in [1.807, 2.05) is 19.9 Å². The lowest BCUT2D eigenvalue weighted by molar-refractivity contribution is 0.105. The predicted octanol–water partition coefficient (Wildman–Crippen LogP) is 2.28. The quantitative estimate of drug-likeness (QED) is 0.414. The van der Waals surface area contributed by atoms with Gasteiger partial charge in [-0.1, -0.05) is 44.2 Å². The maximum Gasteiger partial charge on any atom is 0.404 e. The Morgan fingerprint density at radius 3 is 2.19 bits per heavy atom. The molecule has 0 aliphatic carbocycles. The van der Waals surface area contributed by atoms with Crippen molar-refractivity contribution in [3.05, 3.63) is 60.2 Å². The van der Waals surface area contributed by atoms with Crippen LogP contribution in [-0.2, 0) is 16.3 Å². The fraction of sp³-hybridized carbons (Fsp3) is 0.409. The Morgan fingerprint density at radius 2 is 1.68 bits per heavy atom. The van der Waals surface area contributed by atoms with Crippen molar-refractivity contribution in [2.45, 2.75) is 42.7 Å². The van der Waals surface area contributed by atoms with Crippen molar-refractivity contribution in [2.24, 2.45) is 5.92 Å². The Hall–Kier alpha value is -2.62. The summed E-state index contributed by atoms with van der Waals surface area (Å²) in [5.74, 6) is 0.612. The van der Waals surface area contributed by atoms with E-state index in [4.69, 9.17) is 4.74 Å². The molecule has 0 aliphatic rings. The lowest BCUT2D eigenvalue weighted by atomic mass is 10.0. The van der Waals surface area contributed by atoms with E-state index in [9.17, 15) is 23.4 Å². The van der Waals surface area contributed by atoms with Crippen molar-refractivity contribution in [3.63, 3.8) is 0 Å². The molecule has 8 nitrogen and oxygen atoms in total. The third-order valence-corrected chi connectivity index (χ3v) is 6.82. The average Bonchev–Trinajstić information content (AvgIpc) is 2.73. The highest BCUT2D eigenvalue weighted by Gasteiger charge is 2.38. The number of aliphatic hydroxyl groups is 1. The first-order valence-corrected chi connectivity index (χ1v) is 11.5. The number of ether oxygens (including phenoxy) is 1. The van der Waals surface area contributed by atoms with E-state index in [1.54, 1.807) is 24.3 Å². The second-order valence-electron chi connectivity index (χ2n) is 7.68. The summed E-state index contributed by atoms with van der Waals surface area (Å²) in [5, 5.41) is 24.2. The maximum absolute atomic E-state index is 13.4. The van der Waals surface area contributed by atoms with Crippen LogP contribution in [0.15, 0.2) is 59.5 Å². The number of rotatable bonds is 11. The zero-order chi connectivity index (χ0) is 23.0. The lowest BCUT2D eigenvalue weighted by Gasteiger charge is -2.31. The van der Waals surface area contributed by atoms with Gasteiger partial charge < -0.3 is 20.3 Å². The van der Waals surface area contributed by atoms with E-state index in [-0.39, 0.29) is 17.2 Å². The van der Waals surface area contributed by atoms with Gasteiger partial charge in [-0.2, -0.15) is 0 Å². The van der Waals surface area contributed by atoms with E-state index in [2.05, 4.69) is 10.6 Å².